The molecule has 0 spiro atoms. The Hall–Kier alpha value is -2.05. The summed E-state index contributed by atoms with van der Waals surface area (Å²) in [6, 6.07) is 10.3. The summed E-state index contributed by atoms with van der Waals surface area (Å²) >= 11 is 10.7. The summed E-state index contributed by atoms with van der Waals surface area (Å²) in [6.45, 7) is 0.272. The molecule has 1 amide bonds. The molecule has 1 aromatic carbocycles. The Morgan fingerprint density at radius 1 is 1.29 bits per heavy atom. The number of halogens is 1. The Kier molecular flexibility index (Phi) is 5.59. The van der Waals surface area contributed by atoms with Gasteiger partial charge in [-0.3, -0.25) is 4.79 Å². The van der Waals surface area contributed by atoms with Gasteiger partial charge in [-0.05, 0) is 48.6 Å². The van der Waals surface area contributed by atoms with Crippen molar-refractivity contribution in [2.45, 2.75) is 6.54 Å². The van der Waals surface area contributed by atoms with Gasteiger partial charge < -0.3 is 19.8 Å². The van der Waals surface area contributed by atoms with E-state index in [9.17, 15) is 4.79 Å². The average Bonchev–Trinajstić information content (AvgIpc) is 2.98. The zero-order chi connectivity index (χ0) is 15.1. The highest BCUT2D eigenvalue weighted by Gasteiger charge is 2.06. The molecule has 2 aromatic rings. The molecule has 0 aliphatic rings. The summed E-state index contributed by atoms with van der Waals surface area (Å²) in [7, 11) is 0. The molecule has 1 heterocycles. The maximum absolute atomic E-state index is 11.6. The van der Waals surface area contributed by atoms with E-state index in [-0.39, 0.29) is 17.6 Å². The number of furan rings is 1. The van der Waals surface area contributed by atoms with Crippen molar-refractivity contribution >= 4 is 34.8 Å². The van der Waals surface area contributed by atoms with Gasteiger partial charge >= 0.3 is 0 Å². The Labute approximate surface area is 132 Å². The van der Waals surface area contributed by atoms with E-state index in [0.29, 0.717) is 17.3 Å². The number of nitrogens with one attached hydrogen (secondary N) is 2. The van der Waals surface area contributed by atoms with Gasteiger partial charge in [0.1, 0.15) is 11.5 Å². The van der Waals surface area contributed by atoms with Gasteiger partial charge in [0.05, 0.1) is 12.8 Å². The molecule has 1 aromatic heterocycles. The van der Waals surface area contributed by atoms with Crippen LogP contribution in [0.4, 0.5) is 0 Å². The summed E-state index contributed by atoms with van der Waals surface area (Å²) in [5.74, 6) is 0.940. The molecule has 0 aliphatic heterocycles. The van der Waals surface area contributed by atoms with Crippen molar-refractivity contribution in [2.24, 2.45) is 0 Å². The lowest BCUT2D eigenvalue weighted by Crippen LogP contribution is -2.41. The highest BCUT2D eigenvalue weighted by molar-refractivity contribution is 7.80. The fourth-order valence-corrected chi connectivity index (χ4v) is 1.78. The average molecular weight is 325 g/mol. The summed E-state index contributed by atoms with van der Waals surface area (Å²) in [5, 5.41) is 6.19. The number of hydrogen-bond donors (Lipinski definition) is 2. The van der Waals surface area contributed by atoms with Gasteiger partial charge in [-0.1, -0.05) is 11.6 Å². The highest BCUT2D eigenvalue weighted by atomic mass is 35.5. The van der Waals surface area contributed by atoms with Crippen LogP contribution < -0.4 is 15.4 Å². The Bertz CT molecular complexity index is 599. The number of carbonyl (C=O) groups excluding carboxylic acids is 1. The Morgan fingerprint density at radius 2 is 2.05 bits per heavy atom. The van der Waals surface area contributed by atoms with Crippen LogP contribution in [0.3, 0.4) is 0 Å². The van der Waals surface area contributed by atoms with Crippen LogP contribution in [-0.4, -0.2) is 17.6 Å². The van der Waals surface area contributed by atoms with Crippen LogP contribution in [0.5, 0.6) is 5.75 Å². The molecular formula is C14H13ClN2O3S. The zero-order valence-corrected chi connectivity index (χ0v) is 12.5. The van der Waals surface area contributed by atoms with Crippen molar-refractivity contribution in [2.75, 3.05) is 6.61 Å². The molecule has 0 bridgehead atoms. The molecule has 5 nitrogen and oxygen atoms in total. The number of carbonyl (C=O) groups is 1. The third-order valence-corrected chi connectivity index (χ3v) is 2.94. The molecule has 2 N–H and O–H groups in total. The molecular weight excluding hydrogens is 312 g/mol. The number of hydrogen-bond acceptors (Lipinski definition) is 4. The molecule has 0 fully saturated rings. The predicted octanol–water partition coefficient (Wildman–Crippen LogP) is 2.50. The van der Waals surface area contributed by atoms with Crippen LogP contribution in [0, 0.1) is 0 Å². The maximum atomic E-state index is 11.6. The summed E-state index contributed by atoms with van der Waals surface area (Å²) in [5.41, 5.74) is 0. The Balaban J connectivity index is 1.68. The molecule has 0 aliphatic carbocycles. The molecule has 0 saturated heterocycles. The fourth-order valence-electron chi connectivity index (χ4n) is 1.47. The van der Waals surface area contributed by atoms with E-state index in [1.54, 1.807) is 42.7 Å². The maximum Gasteiger partial charge on any atom is 0.264 e. The van der Waals surface area contributed by atoms with Gasteiger partial charge in [0.15, 0.2) is 11.7 Å². The largest absolute Gasteiger partial charge is 0.484 e. The first-order valence-electron chi connectivity index (χ1n) is 6.12. The second-order valence-corrected chi connectivity index (χ2v) is 4.90. The number of benzene rings is 1. The molecule has 21 heavy (non-hydrogen) atoms. The molecule has 0 radical (unpaired) electrons. The lowest BCUT2D eigenvalue weighted by molar-refractivity contribution is -0.121. The standard InChI is InChI=1S/C14H13ClN2O3S/c15-10-3-5-11(6-4-10)20-9-13(18)17-14(21)16-8-12-2-1-7-19-12/h1-7H,8-9H2,(H2,16,17,18,21). The van der Waals surface area contributed by atoms with Crippen molar-refractivity contribution in [3.8, 4) is 5.75 Å². The Morgan fingerprint density at radius 3 is 2.71 bits per heavy atom. The third kappa shape index (κ3) is 5.45. The van der Waals surface area contributed by atoms with E-state index in [0.717, 1.165) is 5.76 Å². The molecule has 0 saturated carbocycles. The number of thiocarbonyl (C=S) groups is 1. The van der Waals surface area contributed by atoms with Crippen LogP contribution in [0.25, 0.3) is 0 Å². The van der Waals surface area contributed by atoms with Crippen molar-refractivity contribution < 1.29 is 13.9 Å². The van der Waals surface area contributed by atoms with Crippen LogP contribution >= 0.6 is 23.8 Å². The molecule has 0 atom stereocenters. The summed E-state index contributed by atoms with van der Waals surface area (Å²) in [4.78, 5) is 11.6. The fraction of sp³-hybridized carbons (Fsp3) is 0.143. The normalized spacial score (nSPS) is 9.95. The monoisotopic (exact) mass is 324 g/mol. The van der Waals surface area contributed by atoms with Gasteiger partial charge in [-0.2, -0.15) is 0 Å². The van der Waals surface area contributed by atoms with Crippen LogP contribution in [0.15, 0.2) is 47.1 Å². The van der Waals surface area contributed by atoms with Crippen LogP contribution in [0.2, 0.25) is 5.02 Å². The molecule has 7 heteroatoms. The van der Waals surface area contributed by atoms with E-state index < -0.39 is 0 Å². The van der Waals surface area contributed by atoms with Gasteiger partial charge in [-0.25, -0.2) is 0 Å². The topological polar surface area (TPSA) is 63.5 Å². The van der Waals surface area contributed by atoms with Crippen LogP contribution in [0.1, 0.15) is 5.76 Å². The second-order valence-electron chi connectivity index (χ2n) is 4.05. The van der Waals surface area contributed by atoms with E-state index in [1.165, 1.54) is 0 Å². The predicted molar refractivity (Wildman–Crippen MR) is 83.2 cm³/mol. The first kappa shape index (κ1) is 15.3. The minimum absolute atomic E-state index is 0.135. The number of ether oxygens (including phenoxy) is 1. The zero-order valence-electron chi connectivity index (χ0n) is 11.0. The first-order chi connectivity index (χ1) is 10.1. The van der Waals surface area contributed by atoms with E-state index in [2.05, 4.69) is 10.6 Å². The van der Waals surface area contributed by atoms with Crippen molar-refractivity contribution in [3.63, 3.8) is 0 Å². The quantitative estimate of drug-likeness (QED) is 0.827. The lowest BCUT2D eigenvalue weighted by Gasteiger charge is -2.09. The lowest BCUT2D eigenvalue weighted by atomic mass is 10.3. The minimum Gasteiger partial charge on any atom is -0.484 e. The minimum atomic E-state index is -0.345. The molecule has 0 unspecified atom stereocenters. The van der Waals surface area contributed by atoms with Gasteiger partial charge in [-0.15, -0.1) is 0 Å². The van der Waals surface area contributed by atoms with Crippen molar-refractivity contribution in [1.29, 1.82) is 0 Å². The highest BCUT2D eigenvalue weighted by Crippen LogP contribution is 2.15. The van der Waals surface area contributed by atoms with E-state index >= 15 is 0 Å². The van der Waals surface area contributed by atoms with E-state index in [1.807, 2.05) is 0 Å². The SMILES string of the molecule is O=C(COc1ccc(Cl)cc1)NC(=S)NCc1ccco1. The van der Waals surface area contributed by atoms with E-state index in [4.69, 9.17) is 33.0 Å². The smallest absolute Gasteiger partial charge is 0.264 e. The second kappa shape index (κ2) is 7.66. The van der Waals surface area contributed by atoms with Crippen LogP contribution in [-0.2, 0) is 11.3 Å². The number of rotatable bonds is 5. The molecule has 2 rings (SSSR count). The van der Waals surface area contributed by atoms with Crippen molar-refractivity contribution in [1.82, 2.24) is 10.6 Å². The third-order valence-electron chi connectivity index (χ3n) is 2.44. The molecule has 110 valence electrons. The number of amides is 1. The van der Waals surface area contributed by atoms with Crippen molar-refractivity contribution in [3.05, 3.63) is 53.4 Å². The summed E-state index contributed by atoms with van der Waals surface area (Å²) in [6.07, 6.45) is 1.57. The van der Waals surface area contributed by atoms with Gasteiger partial charge in [0, 0.05) is 5.02 Å². The summed E-state index contributed by atoms with van der Waals surface area (Å²) < 4.78 is 10.4. The van der Waals surface area contributed by atoms with Gasteiger partial charge in [0.25, 0.3) is 5.91 Å². The van der Waals surface area contributed by atoms with Gasteiger partial charge in [0.2, 0.25) is 0 Å². The first-order valence-corrected chi connectivity index (χ1v) is 6.90.